The standard InChI is InChI=1S/C12H23NO.2C2H6/c1-10(14)12(13(2)3)9-11-7-5-4-6-8-11;2*1-2/h11-12H,4-9H2,1-3H3;2*1-2H3. The Morgan fingerprint density at radius 2 is 1.50 bits per heavy atom. The predicted molar refractivity (Wildman–Crippen MR) is 82.0 cm³/mol. The van der Waals surface area contributed by atoms with Crippen LogP contribution in [0.2, 0.25) is 0 Å². The number of nitrogens with zero attached hydrogens (tertiary/aromatic N) is 1. The average molecular weight is 257 g/mol. The van der Waals surface area contributed by atoms with Crippen molar-refractivity contribution in [3.05, 3.63) is 0 Å². The van der Waals surface area contributed by atoms with E-state index >= 15 is 0 Å². The molecular formula is C16H35NO. The van der Waals surface area contributed by atoms with Gasteiger partial charge in [-0.3, -0.25) is 9.69 Å². The molecule has 1 fully saturated rings. The predicted octanol–water partition coefficient (Wildman–Crippen LogP) is 4.53. The molecule has 0 radical (unpaired) electrons. The molecule has 0 saturated heterocycles. The summed E-state index contributed by atoms with van der Waals surface area (Å²) in [6, 6.07) is 0.151. The van der Waals surface area contributed by atoms with Crippen LogP contribution in [-0.2, 0) is 4.79 Å². The minimum atomic E-state index is 0.151. The second-order valence-corrected chi connectivity index (χ2v) is 4.83. The van der Waals surface area contributed by atoms with Crippen molar-refractivity contribution in [1.29, 1.82) is 0 Å². The molecule has 0 amide bonds. The van der Waals surface area contributed by atoms with Crippen molar-refractivity contribution in [3.8, 4) is 0 Å². The van der Waals surface area contributed by atoms with E-state index in [2.05, 4.69) is 4.90 Å². The van der Waals surface area contributed by atoms with E-state index in [0.29, 0.717) is 5.78 Å². The zero-order chi connectivity index (χ0) is 14.6. The van der Waals surface area contributed by atoms with Crippen LogP contribution in [0, 0.1) is 5.92 Å². The Kier molecular flexibility index (Phi) is 14.5. The number of likely N-dealkylation sites (N-methyl/N-ethyl adjacent to an activating group) is 1. The molecule has 0 N–H and O–H groups in total. The maximum absolute atomic E-state index is 11.4. The minimum Gasteiger partial charge on any atom is -0.300 e. The van der Waals surface area contributed by atoms with Gasteiger partial charge in [0.25, 0.3) is 0 Å². The lowest BCUT2D eigenvalue weighted by Gasteiger charge is -2.28. The topological polar surface area (TPSA) is 20.3 Å². The normalized spacial score (nSPS) is 17.1. The Bertz CT molecular complexity index is 184. The third kappa shape index (κ3) is 8.68. The first kappa shape index (κ1) is 20.0. The fraction of sp³-hybridized carbons (Fsp3) is 0.938. The summed E-state index contributed by atoms with van der Waals surface area (Å²) < 4.78 is 0. The summed E-state index contributed by atoms with van der Waals surface area (Å²) in [5.74, 6) is 1.11. The van der Waals surface area contributed by atoms with Crippen molar-refractivity contribution in [2.45, 2.75) is 79.2 Å². The molecule has 2 nitrogen and oxygen atoms in total. The van der Waals surface area contributed by atoms with Crippen LogP contribution in [0.4, 0.5) is 0 Å². The van der Waals surface area contributed by atoms with Gasteiger partial charge in [0.1, 0.15) is 5.78 Å². The zero-order valence-electron chi connectivity index (χ0n) is 13.8. The Morgan fingerprint density at radius 1 is 1.06 bits per heavy atom. The average Bonchev–Trinajstić information content (AvgIpc) is 2.41. The molecule has 0 spiro atoms. The lowest BCUT2D eigenvalue weighted by atomic mass is 9.84. The maximum atomic E-state index is 11.4. The molecule has 1 saturated carbocycles. The molecule has 0 aromatic carbocycles. The molecule has 0 bridgehead atoms. The Hall–Kier alpha value is -0.370. The van der Waals surface area contributed by atoms with Gasteiger partial charge in [-0.25, -0.2) is 0 Å². The van der Waals surface area contributed by atoms with Crippen molar-refractivity contribution >= 4 is 5.78 Å². The van der Waals surface area contributed by atoms with Gasteiger partial charge in [-0.2, -0.15) is 0 Å². The van der Waals surface area contributed by atoms with Crippen LogP contribution in [0.1, 0.15) is 73.1 Å². The van der Waals surface area contributed by atoms with Crippen LogP contribution in [0.3, 0.4) is 0 Å². The van der Waals surface area contributed by atoms with Gasteiger partial charge in [0, 0.05) is 0 Å². The number of hydrogen-bond acceptors (Lipinski definition) is 2. The quantitative estimate of drug-likeness (QED) is 0.737. The largest absolute Gasteiger partial charge is 0.300 e. The van der Waals surface area contributed by atoms with Gasteiger partial charge in [0.2, 0.25) is 0 Å². The maximum Gasteiger partial charge on any atom is 0.146 e. The van der Waals surface area contributed by atoms with Crippen molar-refractivity contribution in [2.24, 2.45) is 5.92 Å². The van der Waals surface area contributed by atoms with Crippen molar-refractivity contribution in [1.82, 2.24) is 4.90 Å². The first-order chi connectivity index (χ1) is 8.61. The Morgan fingerprint density at radius 3 is 1.83 bits per heavy atom. The number of ketones is 1. The second-order valence-electron chi connectivity index (χ2n) is 4.83. The van der Waals surface area contributed by atoms with Crippen LogP contribution >= 0.6 is 0 Å². The number of rotatable bonds is 4. The highest BCUT2D eigenvalue weighted by molar-refractivity contribution is 5.81. The zero-order valence-corrected chi connectivity index (χ0v) is 13.8. The van der Waals surface area contributed by atoms with Crippen molar-refractivity contribution in [2.75, 3.05) is 14.1 Å². The van der Waals surface area contributed by atoms with E-state index in [0.717, 1.165) is 12.3 Å². The first-order valence-corrected chi connectivity index (χ1v) is 7.78. The van der Waals surface area contributed by atoms with E-state index in [-0.39, 0.29) is 6.04 Å². The smallest absolute Gasteiger partial charge is 0.146 e. The number of carbonyl (C=O) groups is 1. The van der Waals surface area contributed by atoms with Gasteiger partial charge in [0.15, 0.2) is 0 Å². The second kappa shape index (κ2) is 13.1. The van der Waals surface area contributed by atoms with Gasteiger partial charge in [-0.15, -0.1) is 0 Å². The SMILES string of the molecule is CC.CC.CC(=O)C(CC1CCCCC1)N(C)C. The third-order valence-corrected chi connectivity index (χ3v) is 3.37. The molecule has 0 aliphatic heterocycles. The molecule has 18 heavy (non-hydrogen) atoms. The fourth-order valence-electron chi connectivity index (χ4n) is 2.48. The summed E-state index contributed by atoms with van der Waals surface area (Å²) in [5, 5.41) is 0. The van der Waals surface area contributed by atoms with Crippen LogP contribution in [-0.4, -0.2) is 30.8 Å². The highest BCUT2D eigenvalue weighted by atomic mass is 16.1. The highest BCUT2D eigenvalue weighted by Crippen LogP contribution is 2.28. The van der Waals surface area contributed by atoms with Crippen molar-refractivity contribution in [3.63, 3.8) is 0 Å². The van der Waals surface area contributed by atoms with Crippen LogP contribution in [0.15, 0.2) is 0 Å². The van der Waals surface area contributed by atoms with Crippen LogP contribution in [0.25, 0.3) is 0 Å². The number of hydrogen-bond donors (Lipinski definition) is 0. The molecule has 2 heteroatoms. The lowest BCUT2D eigenvalue weighted by Crippen LogP contribution is -2.36. The minimum absolute atomic E-state index is 0.151. The summed E-state index contributed by atoms with van der Waals surface area (Å²) >= 11 is 0. The van der Waals surface area contributed by atoms with E-state index in [1.165, 1.54) is 32.1 Å². The van der Waals surface area contributed by atoms with Gasteiger partial charge in [-0.05, 0) is 33.4 Å². The number of carbonyl (C=O) groups excluding carboxylic acids is 1. The van der Waals surface area contributed by atoms with E-state index in [1.54, 1.807) is 6.92 Å². The molecular weight excluding hydrogens is 222 g/mol. The van der Waals surface area contributed by atoms with Crippen LogP contribution in [0.5, 0.6) is 0 Å². The fourth-order valence-corrected chi connectivity index (χ4v) is 2.48. The van der Waals surface area contributed by atoms with E-state index in [4.69, 9.17) is 0 Å². The van der Waals surface area contributed by atoms with Crippen molar-refractivity contribution < 1.29 is 4.79 Å². The highest BCUT2D eigenvalue weighted by Gasteiger charge is 2.23. The molecule has 1 rings (SSSR count). The molecule has 1 aliphatic rings. The van der Waals surface area contributed by atoms with Gasteiger partial charge >= 0.3 is 0 Å². The molecule has 1 atom stereocenters. The molecule has 110 valence electrons. The summed E-state index contributed by atoms with van der Waals surface area (Å²) in [4.78, 5) is 13.5. The van der Waals surface area contributed by atoms with Gasteiger partial charge in [-0.1, -0.05) is 59.8 Å². The molecule has 1 unspecified atom stereocenters. The lowest BCUT2D eigenvalue weighted by molar-refractivity contribution is -0.121. The van der Waals surface area contributed by atoms with Crippen LogP contribution < -0.4 is 0 Å². The molecule has 0 aromatic heterocycles. The summed E-state index contributed by atoms with van der Waals surface area (Å²) in [5.41, 5.74) is 0. The van der Waals surface area contributed by atoms with E-state index < -0.39 is 0 Å². The summed E-state index contributed by atoms with van der Waals surface area (Å²) in [7, 11) is 4.02. The molecule has 0 aromatic rings. The first-order valence-electron chi connectivity index (χ1n) is 7.78. The van der Waals surface area contributed by atoms with E-state index in [1.807, 2.05) is 41.8 Å². The van der Waals surface area contributed by atoms with Gasteiger partial charge < -0.3 is 0 Å². The third-order valence-electron chi connectivity index (χ3n) is 3.37. The van der Waals surface area contributed by atoms with Gasteiger partial charge in [0.05, 0.1) is 6.04 Å². The Balaban J connectivity index is 0. The number of Topliss-reactive ketones (excluding diaryl/α,β-unsaturated/α-hetero) is 1. The Labute approximate surface area is 115 Å². The molecule has 1 aliphatic carbocycles. The molecule has 0 heterocycles. The summed E-state index contributed by atoms with van der Waals surface area (Å²) in [6.07, 6.45) is 7.85. The monoisotopic (exact) mass is 257 g/mol. The van der Waals surface area contributed by atoms with E-state index in [9.17, 15) is 4.79 Å². The summed E-state index contributed by atoms with van der Waals surface area (Å²) in [6.45, 7) is 9.72.